The van der Waals surface area contributed by atoms with Gasteiger partial charge in [-0.25, -0.2) is 17.6 Å². The van der Waals surface area contributed by atoms with E-state index in [-0.39, 0.29) is 5.92 Å². The Bertz CT molecular complexity index is 1070. The predicted molar refractivity (Wildman–Crippen MR) is 114 cm³/mol. The maximum absolute atomic E-state index is 15.5. The van der Waals surface area contributed by atoms with E-state index in [1.54, 1.807) is 0 Å². The van der Waals surface area contributed by atoms with Crippen molar-refractivity contribution in [3.8, 4) is 16.9 Å². The molecule has 0 spiro atoms. The summed E-state index contributed by atoms with van der Waals surface area (Å²) in [5, 5.41) is 0. The molecular weight excluding hydrogens is 461 g/mol. The smallest absolute Gasteiger partial charge is 0.399 e. The van der Waals surface area contributed by atoms with Crippen LogP contribution in [0.5, 0.6) is 5.75 Å². The van der Waals surface area contributed by atoms with Crippen molar-refractivity contribution in [3.05, 3.63) is 64.7 Å². The maximum Gasteiger partial charge on any atom is 0.573 e. The van der Waals surface area contributed by atoms with Gasteiger partial charge in [0, 0.05) is 0 Å². The highest BCUT2D eigenvalue weighted by molar-refractivity contribution is 5.68. The molecule has 0 aliphatic heterocycles. The first kappa shape index (κ1) is 24.6. The number of unbranched alkanes of at least 4 members (excludes halogenated alkanes) is 1. The van der Waals surface area contributed by atoms with Gasteiger partial charge in [-0.1, -0.05) is 25.5 Å². The van der Waals surface area contributed by atoms with Gasteiger partial charge in [0.2, 0.25) is 5.75 Å². The summed E-state index contributed by atoms with van der Waals surface area (Å²) in [5.74, 6) is -6.21. The molecule has 3 atom stereocenters. The summed E-state index contributed by atoms with van der Waals surface area (Å²) in [6, 6.07) is 2.14. The molecule has 0 amide bonds. The average molecular weight is 486 g/mol. The van der Waals surface area contributed by atoms with Crippen molar-refractivity contribution < 1.29 is 35.5 Å². The highest BCUT2D eigenvalue weighted by Gasteiger charge is 2.38. The highest BCUT2D eigenvalue weighted by Crippen LogP contribution is 2.49. The molecular formula is C26H25F7O. The van der Waals surface area contributed by atoms with Crippen LogP contribution in [0.15, 0.2) is 30.4 Å². The van der Waals surface area contributed by atoms with Gasteiger partial charge in [-0.2, -0.15) is 0 Å². The lowest BCUT2D eigenvalue weighted by Gasteiger charge is -2.40. The van der Waals surface area contributed by atoms with Crippen LogP contribution in [-0.2, 0) is 6.42 Å². The lowest BCUT2D eigenvalue weighted by molar-refractivity contribution is -0.276. The number of allylic oxidation sites excluding steroid dienone is 2. The molecule has 1 saturated carbocycles. The van der Waals surface area contributed by atoms with Gasteiger partial charge in [0.1, 0.15) is 11.6 Å². The number of alkyl halides is 3. The van der Waals surface area contributed by atoms with Gasteiger partial charge in [-0.3, -0.25) is 0 Å². The van der Waals surface area contributed by atoms with Crippen molar-refractivity contribution in [2.75, 3.05) is 0 Å². The molecule has 4 rings (SSSR count). The van der Waals surface area contributed by atoms with E-state index in [0.29, 0.717) is 41.5 Å². The zero-order valence-electron chi connectivity index (χ0n) is 18.6. The summed E-state index contributed by atoms with van der Waals surface area (Å²) in [6.07, 6.45) is 4.98. The molecule has 0 unspecified atom stereocenters. The SMILES string of the molecule is CCC/C=C/[C@@H]1CC[C@@H]2c3cc(F)c(-c4cc(F)c(OC(F)(F)F)c(F)c4)c(F)c3CC[C@@H]2C1. The van der Waals surface area contributed by atoms with Crippen LogP contribution in [0.25, 0.3) is 11.1 Å². The summed E-state index contributed by atoms with van der Waals surface area (Å²) in [6.45, 7) is 2.12. The largest absolute Gasteiger partial charge is 0.573 e. The van der Waals surface area contributed by atoms with E-state index >= 15 is 8.78 Å². The van der Waals surface area contributed by atoms with Crippen LogP contribution in [0.1, 0.15) is 62.5 Å². The molecule has 8 heteroatoms. The van der Waals surface area contributed by atoms with Crippen LogP contribution in [-0.4, -0.2) is 6.36 Å². The molecule has 0 bridgehead atoms. The Labute approximate surface area is 193 Å². The summed E-state index contributed by atoms with van der Waals surface area (Å²) in [4.78, 5) is 0. The van der Waals surface area contributed by atoms with Crippen molar-refractivity contribution in [3.63, 3.8) is 0 Å². The molecule has 2 aliphatic carbocycles. The van der Waals surface area contributed by atoms with E-state index < -0.39 is 46.5 Å². The summed E-state index contributed by atoms with van der Waals surface area (Å²) in [7, 11) is 0. The topological polar surface area (TPSA) is 9.23 Å². The van der Waals surface area contributed by atoms with Gasteiger partial charge in [0.15, 0.2) is 11.6 Å². The first-order valence-electron chi connectivity index (χ1n) is 11.5. The van der Waals surface area contributed by atoms with E-state index in [4.69, 9.17) is 0 Å². The van der Waals surface area contributed by atoms with Crippen LogP contribution in [0.3, 0.4) is 0 Å². The lowest BCUT2D eigenvalue weighted by Crippen LogP contribution is -2.28. The second kappa shape index (κ2) is 9.62. The Morgan fingerprint density at radius 3 is 2.32 bits per heavy atom. The minimum Gasteiger partial charge on any atom is -0.399 e. The predicted octanol–water partition coefficient (Wildman–Crippen LogP) is 8.61. The number of rotatable bonds is 5. The average Bonchev–Trinajstić information content (AvgIpc) is 2.75. The number of fused-ring (bicyclic) bond motifs is 3. The van der Waals surface area contributed by atoms with Gasteiger partial charge >= 0.3 is 6.36 Å². The molecule has 0 radical (unpaired) electrons. The zero-order chi connectivity index (χ0) is 24.6. The fraction of sp³-hybridized carbons (Fsp3) is 0.462. The summed E-state index contributed by atoms with van der Waals surface area (Å²) >= 11 is 0. The molecule has 0 N–H and O–H groups in total. The third-order valence-electron chi connectivity index (χ3n) is 6.91. The van der Waals surface area contributed by atoms with Crippen molar-refractivity contribution >= 4 is 0 Å². The van der Waals surface area contributed by atoms with E-state index in [1.165, 1.54) is 6.07 Å². The lowest BCUT2D eigenvalue weighted by atomic mass is 9.65. The van der Waals surface area contributed by atoms with E-state index in [1.807, 2.05) is 0 Å². The molecule has 2 aromatic carbocycles. The highest BCUT2D eigenvalue weighted by atomic mass is 19.4. The normalized spacial score (nSPS) is 22.5. The Hall–Kier alpha value is -2.51. The van der Waals surface area contributed by atoms with Gasteiger partial charge in [0.25, 0.3) is 0 Å². The van der Waals surface area contributed by atoms with Crippen molar-refractivity contribution in [1.29, 1.82) is 0 Å². The molecule has 2 aliphatic rings. The number of halogens is 7. The fourth-order valence-electron chi connectivity index (χ4n) is 5.43. The van der Waals surface area contributed by atoms with Gasteiger partial charge in [-0.15, -0.1) is 13.2 Å². The second-order valence-electron chi connectivity index (χ2n) is 9.13. The second-order valence-corrected chi connectivity index (χ2v) is 9.13. The third-order valence-corrected chi connectivity index (χ3v) is 6.91. The van der Waals surface area contributed by atoms with E-state index in [9.17, 15) is 22.0 Å². The van der Waals surface area contributed by atoms with Crippen LogP contribution in [0.4, 0.5) is 30.7 Å². The van der Waals surface area contributed by atoms with Crippen LogP contribution in [0, 0.1) is 35.1 Å². The first-order valence-corrected chi connectivity index (χ1v) is 11.5. The Morgan fingerprint density at radius 1 is 0.971 bits per heavy atom. The van der Waals surface area contributed by atoms with Crippen LogP contribution < -0.4 is 4.74 Å². The van der Waals surface area contributed by atoms with Crippen molar-refractivity contribution in [2.45, 2.75) is 64.1 Å². The number of ether oxygens (including phenoxy) is 1. The number of hydrogen-bond acceptors (Lipinski definition) is 1. The summed E-state index contributed by atoms with van der Waals surface area (Å²) < 4.78 is 99.5. The minimum absolute atomic E-state index is 0.00802. The monoisotopic (exact) mass is 486 g/mol. The van der Waals surface area contributed by atoms with Gasteiger partial charge in [0.05, 0.1) is 5.56 Å². The Morgan fingerprint density at radius 2 is 1.68 bits per heavy atom. The molecule has 184 valence electrons. The first-order chi connectivity index (χ1) is 16.1. The Kier molecular flexibility index (Phi) is 6.97. The quantitative estimate of drug-likeness (QED) is 0.304. The van der Waals surface area contributed by atoms with E-state index in [2.05, 4.69) is 23.8 Å². The zero-order valence-corrected chi connectivity index (χ0v) is 18.6. The number of benzene rings is 2. The molecule has 0 saturated heterocycles. The minimum atomic E-state index is -5.31. The van der Waals surface area contributed by atoms with Crippen molar-refractivity contribution in [1.82, 2.24) is 0 Å². The molecule has 2 aromatic rings. The van der Waals surface area contributed by atoms with Gasteiger partial charge in [-0.05, 0) is 91.2 Å². The molecule has 1 fully saturated rings. The van der Waals surface area contributed by atoms with E-state index in [0.717, 1.165) is 38.5 Å². The maximum atomic E-state index is 15.5. The summed E-state index contributed by atoms with van der Waals surface area (Å²) in [5.41, 5.74) is -0.267. The molecule has 0 heterocycles. The molecule has 1 nitrogen and oxygen atoms in total. The molecule has 0 aromatic heterocycles. The Balaban J connectivity index is 1.65. The van der Waals surface area contributed by atoms with Crippen molar-refractivity contribution in [2.24, 2.45) is 11.8 Å². The number of hydrogen-bond donors (Lipinski definition) is 0. The van der Waals surface area contributed by atoms with Gasteiger partial charge < -0.3 is 4.74 Å². The fourth-order valence-corrected chi connectivity index (χ4v) is 5.43. The molecule has 34 heavy (non-hydrogen) atoms. The standard InChI is InChI=1S/C26H25F7O/c1-2-3-4-5-14-6-8-17-15(10-14)7-9-18-19(17)13-20(27)23(24(18)30)16-11-21(28)25(22(29)12-16)34-26(31,32)33/h4-5,11-15,17H,2-3,6-10H2,1H3/b5-4+/t14-,15-,17+/m1/s1. The van der Waals surface area contributed by atoms with Crippen LogP contribution in [0.2, 0.25) is 0 Å². The van der Waals surface area contributed by atoms with Crippen LogP contribution >= 0.6 is 0 Å². The third kappa shape index (κ3) is 4.96.